The molecule has 164 valence electrons. The minimum Gasteiger partial charge on any atom is -0.371 e. The Labute approximate surface area is 195 Å². The van der Waals surface area contributed by atoms with Gasteiger partial charge in [-0.2, -0.15) is 5.10 Å². The summed E-state index contributed by atoms with van der Waals surface area (Å²) in [5, 5.41) is 8.89. The van der Waals surface area contributed by atoms with E-state index < -0.39 is 0 Å². The fourth-order valence-corrected chi connectivity index (χ4v) is 4.77. The smallest absolute Gasteiger partial charge is 0.193 e. The highest BCUT2D eigenvalue weighted by atomic mass is 35.5. The largest absolute Gasteiger partial charge is 0.371 e. The third-order valence-electron chi connectivity index (χ3n) is 6.50. The summed E-state index contributed by atoms with van der Waals surface area (Å²) in [6.07, 6.45) is 3.21. The van der Waals surface area contributed by atoms with Gasteiger partial charge < -0.3 is 4.90 Å². The van der Waals surface area contributed by atoms with Gasteiger partial charge in [-0.15, -0.1) is 12.4 Å². The Bertz CT molecular complexity index is 1210. The number of aromatic nitrogens is 2. The monoisotopic (exact) mass is 445 g/mol. The molecule has 32 heavy (non-hydrogen) atoms. The molecule has 0 aliphatic carbocycles. The molecule has 0 radical (unpaired) electrons. The maximum atomic E-state index is 12.9. The van der Waals surface area contributed by atoms with Crippen LogP contribution in [-0.2, 0) is 6.42 Å². The van der Waals surface area contributed by atoms with Crippen molar-refractivity contribution in [3.63, 3.8) is 0 Å². The summed E-state index contributed by atoms with van der Waals surface area (Å²) < 4.78 is 0. The fourth-order valence-electron chi connectivity index (χ4n) is 4.77. The number of aromatic amines is 1. The molecule has 4 aromatic rings. The molecule has 4 nitrogen and oxygen atoms in total. The van der Waals surface area contributed by atoms with Crippen LogP contribution >= 0.6 is 12.4 Å². The number of aryl methyl sites for hydroxylation is 1. The Morgan fingerprint density at radius 2 is 1.69 bits per heavy atom. The molecular weight excluding hydrogens is 418 g/mol. The van der Waals surface area contributed by atoms with Crippen LogP contribution in [0.2, 0.25) is 0 Å². The molecule has 1 aliphatic heterocycles. The number of ketones is 1. The normalized spacial score (nSPS) is 14.3. The van der Waals surface area contributed by atoms with Gasteiger partial charge in [-0.1, -0.05) is 55.5 Å². The number of benzene rings is 3. The maximum Gasteiger partial charge on any atom is 0.193 e. The van der Waals surface area contributed by atoms with E-state index in [0.717, 1.165) is 54.4 Å². The average Bonchev–Trinajstić information content (AvgIpc) is 3.27. The molecule has 1 aliphatic rings. The number of rotatable bonds is 5. The molecule has 0 amide bonds. The number of piperidine rings is 1. The van der Waals surface area contributed by atoms with Crippen LogP contribution in [0.25, 0.3) is 10.9 Å². The van der Waals surface area contributed by atoms with Gasteiger partial charge in [0, 0.05) is 46.9 Å². The van der Waals surface area contributed by atoms with Crippen molar-refractivity contribution < 1.29 is 4.79 Å². The lowest BCUT2D eigenvalue weighted by molar-refractivity contribution is 0.103. The molecule has 2 heterocycles. The number of halogens is 1. The first-order valence-electron chi connectivity index (χ1n) is 11.1. The molecule has 5 rings (SSSR count). The Morgan fingerprint density at radius 1 is 0.969 bits per heavy atom. The molecular formula is C27H28ClN3O. The van der Waals surface area contributed by atoms with Crippen molar-refractivity contribution in [3.05, 3.63) is 95.2 Å². The summed E-state index contributed by atoms with van der Waals surface area (Å²) in [7, 11) is 0. The Balaban J connectivity index is 0.00000245. The van der Waals surface area contributed by atoms with E-state index in [9.17, 15) is 4.79 Å². The van der Waals surface area contributed by atoms with Gasteiger partial charge in [0.1, 0.15) is 0 Å². The van der Waals surface area contributed by atoms with Crippen molar-refractivity contribution in [2.24, 2.45) is 0 Å². The second-order valence-corrected chi connectivity index (χ2v) is 8.31. The van der Waals surface area contributed by atoms with E-state index >= 15 is 0 Å². The van der Waals surface area contributed by atoms with Crippen LogP contribution < -0.4 is 4.90 Å². The van der Waals surface area contributed by atoms with Crippen molar-refractivity contribution in [2.45, 2.75) is 32.1 Å². The highest BCUT2D eigenvalue weighted by Crippen LogP contribution is 2.34. The van der Waals surface area contributed by atoms with E-state index in [1.807, 2.05) is 48.5 Å². The zero-order valence-corrected chi connectivity index (χ0v) is 19.1. The molecule has 1 fully saturated rings. The number of nitrogens with one attached hydrogen (secondary N) is 1. The fraction of sp³-hybridized carbons (Fsp3) is 0.259. The van der Waals surface area contributed by atoms with Gasteiger partial charge in [0.05, 0.1) is 5.52 Å². The molecule has 5 heteroatoms. The van der Waals surface area contributed by atoms with Gasteiger partial charge in [-0.3, -0.25) is 9.89 Å². The molecule has 0 atom stereocenters. The van der Waals surface area contributed by atoms with Crippen molar-refractivity contribution in [1.82, 2.24) is 10.2 Å². The van der Waals surface area contributed by atoms with E-state index in [1.165, 1.54) is 16.9 Å². The minimum atomic E-state index is 0. The van der Waals surface area contributed by atoms with Gasteiger partial charge in [-0.25, -0.2) is 0 Å². The second kappa shape index (κ2) is 9.58. The minimum absolute atomic E-state index is 0. The third-order valence-corrected chi connectivity index (χ3v) is 6.50. The third kappa shape index (κ3) is 4.15. The van der Waals surface area contributed by atoms with Crippen LogP contribution in [-0.4, -0.2) is 29.1 Å². The maximum absolute atomic E-state index is 12.9. The number of nitrogens with zero attached hydrogens (tertiary/aromatic N) is 2. The Kier molecular flexibility index (Phi) is 6.61. The molecule has 3 aromatic carbocycles. The second-order valence-electron chi connectivity index (χ2n) is 8.31. The van der Waals surface area contributed by atoms with Gasteiger partial charge in [0.15, 0.2) is 5.78 Å². The van der Waals surface area contributed by atoms with Gasteiger partial charge >= 0.3 is 0 Å². The molecule has 0 saturated carbocycles. The van der Waals surface area contributed by atoms with Gasteiger partial charge in [-0.05, 0) is 49.1 Å². The number of hydrogen-bond donors (Lipinski definition) is 1. The number of H-pyrrole nitrogens is 1. The molecule has 1 N–H and O–H groups in total. The summed E-state index contributed by atoms with van der Waals surface area (Å²) >= 11 is 0. The standard InChI is InChI=1S/C27H27N3O.ClH/c1-2-19-8-6-7-11-25(19)30-16-14-20(15-17-30)26-23-18-22(12-13-24(23)28-29-26)27(31)21-9-4-3-5-10-21;/h3-13,18,20H,2,14-17H2,1H3,(H,28,29);1H. The summed E-state index contributed by atoms with van der Waals surface area (Å²) in [5.74, 6) is 0.484. The van der Waals surface area contributed by atoms with E-state index in [1.54, 1.807) is 0 Å². The summed E-state index contributed by atoms with van der Waals surface area (Å²) in [4.78, 5) is 15.4. The molecule has 1 saturated heterocycles. The lowest BCUT2D eigenvalue weighted by Crippen LogP contribution is -2.33. The lowest BCUT2D eigenvalue weighted by Gasteiger charge is -2.34. The number of carbonyl (C=O) groups is 1. The molecule has 0 spiro atoms. The van der Waals surface area contributed by atoms with Crippen LogP contribution in [0, 0.1) is 0 Å². The van der Waals surface area contributed by atoms with Crippen molar-refractivity contribution in [1.29, 1.82) is 0 Å². The van der Waals surface area contributed by atoms with Gasteiger partial charge in [0.25, 0.3) is 0 Å². The number of fused-ring (bicyclic) bond motifs is 1. The van der Waals surface area contributed by atoms with E-state index in [-0.39, 0.29) is 18.2 Å². The highest BCUT2D eigenvalue weighted by molar-refractivity contribution is 6.10. The van der Waals surface area contributed by atoms with E-state index in [2.05, 4.69) is 46.3 Å². The first kappa shape index (κ1) is 22.1. The van der Waals surface area contributed by atoms with Gasteiger partial charge in [0.2, 0.25) is 0 Å². The van der Waals surface area contributed by atoms with Crippen LogP contribution in [0.15, 0.2) is 72.8 Å². The summed E-state index contributed by atoms with van der Waals surface area (Å²) in [6.45, 7) is 4.28. The quantitative estimate of drug-likeness (QED) is 0.374. The zero-order valence-electron chi connectivity index (χ0n) is 18.3. The zero-order chi connectivity index (χ0) is 21.2. The number of carbonyl (C=O) groups excluding carboxylic acids is 1. The first-order chi connectivity index (χ1) is 15.2. The lowest BCUT2D eigenvalue weighted by atomic mass is 9.90. The molecule has 0 unspecified atom stereocenters. The summed E-state index contributed by atoms with van der Waals surface area (Å²) in [6, 6.07) is 24.1. The van der Waals surface area contributed by atoms with Crippen molar-refractivity contribution in [3.8, 4) is 0 Å². The van der Waals surface area contributed by atoms with Crippen molar-refractivity contribution >= 4 is 34.8 Å². The van der Waals surface area contributed by atoms with E-state index in [0.29, 0.717) is 5.92 Å². The van der Waals surface area contributed by atoms with Crippen LogP contribution in [0.5, 0.6) is 0 Å². The predicted octanol–water partition coefficient (Wildman–Crippen LogP) is 6.16. The van der Waals surface area contributed by atoms with E-state index in [4.69, 9.17) is 0 Å². The highest BCUT2D eigenvalue weighted by Gasteiger charge is 2.25. The Morgan fingerprint density at radius 3 is 2.44 bits per heavy atom. The molecule has 0 bridgehead atoms. The topological polar surface area (TPSA) is 49.0 Å². The van der Waals surface area contributed by atoms with Crippen molar-refractivity contribution in [2.75, 3.05) is 18.0 Å². The predicted molar refractivity (Wildman–Crippen MR) is 133 cm³/mol. The SMILES string of the molecule is CCc1ccccc1N1CCC(c2[nH]nc3ccc(C(=O)c4ccccc4)cc23)CC1.Cl. The number of para-hydroxylation sites is 1. The average molecular weight is 446 g/mol. The number of hydrogen-bond acceptors (Lipinski definition) is 3. The van der Waals surface area contributed by atoms with Crippen LogP contribution in [0.1, 0.15) is 52.9 Å². The first-order valence-corrected chi connectivity index (χ1v) is 11.1. The number of anilines is 1. The Hall–Kier alpha value is -3.11. The van der Waals surface area contributed by atoms with Crippen LogP contribution in [0.3, 0.4) is 0 Å². The molecule has 1 aromatic heterocycles. The van der Waals surface area contributed by atoms with Crippen LogP contribution in [0.4, 0.5) is 5.69 Å². The summed E-state index contributed by atoms with van der Waals surface area (Å²) in [5.41, 5.74) is 6.32.